The third kappa shape index (κ3) is 1.11. The lowest BCUT2D eigenvalue weighted by Gasteiger charge is -2.01. The Hall–Kier alpha value is -2.30. The fourth-order valence-electron chi connectivity index (χ4n) is 1.78. The molecule has 3 rings (SSSR count). The summed E-state index contributed by atoms with van der Waals surface area (Å²) in [5.41, 5.74) is 1.78. The Bertz CT molecular complexity index is 649. The van der Waals surface area contributed by atoms with Crippen molar-refractivity contribution in [3.63, 3.8) is 0 Å². The fraction of sp³-hybridized carbons (Fsp3) is 0.0909. The van der Waals surface area contributed by atoms with Gasteiger partial charge in [-0.3, -0.25) is 0 Å². The summed E-state index contributed by atoms with van der Waals surface area (Å²) >= 11 is 0. The predicted molar refractivity (Wildman–Crippen MR) is 62.1 cm³/mol. The van der Waals surface area contributed by atoms with Crippen molar-refractivity contribution in [2.45, 2.75) is 0 Å². The zero-order valence-corrected chi connectivity index (χ0v) is 8.83. The van der Waals surface area contributed by atoms with Crippen LogP contribution in [0.1, 0.15) is 0 Å². The van der Waals surface area contributed by atoms with Crippen molar-refractivity contribution in [1.29, 1.82) is 0 Å². The van der Waals surface area contributed by atoms with Crippen molar-refractivity contribution in [1.82, 2.24) is 19.2 Å². The van der Waals surface area contributed by atoms with Gasteiger partial charge in [-0.1, -0.05) is 12.1 Å². The van der Waals surface area contributed by atoms with E-state index in [9.17, 15) is 0 Å². The number of para-hydroxylation sites is 2. The first-order valence-electron chi connectivity index (χ1n) is 4.97. The van der Waals surface area contributed by atoms with Crippen LogP contribution in [0, 0.1) is 0 Å². The largest absolute Gasteiger partial charge is 0.337 e. The molecule has 5 heteroatoms. The monoisotopic (exact) mass is 213 g/mol. The Kier molecular flexibility index (Phi) is 1.73. The van der Waals surface area contributed by atoms with Gasteiger partial charge in [0.1, 0.15) is 0 Å². The maximum Gasteiger partial charge on any atom is 0.196 e. The lowest BCUT2D eigenvalue weighted by atomic mass is 10.3. The van der Waals surface area contributed by atoms with Crippen molar-refractivity contribution >= 4 is 11.0 Å². The van der Waals surface area contributed by atoms with E-state index in [2.05, 4.69) is 9.97 Å². The highest BCUT2D eigenvalue weighted by Crippen LogP contribution is 2.20. The predicted octanol–water partition coefficient (Wildman–Crippen LogP) is 1.15. The quantitative estimate of drug-likeness (QED) is 0.617. The van der Waals surface area contributed by atoms with E-state index in [1.54, 1.807) is 10.9 Å². The molecule has 0 aliphatic rings. The van der Waals surface area contributed by atoms with E-state index in [4.69, 9.17) is 5.84 Å². The molecule has 0 fully saturated rings. The molecule has 0 amide bonds. The van der Waals surface area contributed by atoms with Crippen LogP contribution in [0.5, 0.6) is 0 Å². The normalized spacial score (nSPS) is 11.1. The highest BCUT2D eigenvalue weighted by Gasteiger charge is 2.13. The maximum atomic E-state index is 6.00. The number of hydrogen-bond acceptors (Lipinski definition) is 3. The Morgan fingerprint density at radius 2 is 2.00 bits per heavy atom. The molecule has 0 radical (unpaired) electrons. The van der Waals surface area contributed by atoms with Crippen molar-refractivity contribution in [3.8, 4) is 11.6 Å². The Labute approximate surface area is 92.1 Å². The van der Waals surface area contributed by atoms with Crippen LogP contribution >= 0.6 is 0 Å². The van der Waals surface area contributed by atoms with Gasteiger partial charge in [-0.2, -0.15) is 0 Å². The zero-order chi connectivity index (χ0) is 11.1. The standard InChI is InChI=1S/C11H11N5/c1-15-7-6-13-10(15)11-14-8-4-2-3-5-9(8)16(11)12/h2-7H,12H2,1H3. The maximum absolute atomic E-state index is 6.00. The molecule has 2 N–H and O–H groups in total. The molecular weight excluding hydrogens is 202 g/mol. The number of nitrogens with zero attached hydrogens (tertiary/aromatic N) is 4. The molecule has 16 heavy (non-hydrogen) atoms. The molecule has 0 spiro atoms. The molecule has 5 nitrogen and oxygen atoms in total. The van der Waals surface area contributed by atoms with Crippen molar-refractivity contribution in [3.05, 3.63) is 36.7 Å². The summed E-state index contributed by atoms with van der Waals surface area (Å²) in [7, 11) is 1.92. The van der Waals surface area contributed by atoms with E-state index in [0.717, 1.165) is 16.9 Å². The Morgan fingerprint density at radius 3 is 2.69 bits per heavy atom. The first-order valence-corrected chi connectivity index (χ1v) is 4.97. The molecule has 0 bridgehead atoms. The van der Waals surface area contributed by atoms with Gasteiger partial charge in [0.25, 0.3) is 0 Å². The number of nitrogens with two attached hydrogens (primary N) is 1. The average Bonchev–Trinajstić information content (AvgIpc) is 2.84. The second-order valence-corrected chi connectivity index (χ2v) is 3.66. The molecule has 0 saturated carbocycles. The number of rotatable bonds is 1. The van der Waals surface area contributed by atoms with Crippen LogP contribution in [0.3, 0.4) is 0 Å². The summed E-state index contributed by atoms with van der Waals surface area (Å²) in [6.45, 7) is 0. The first-order chi connectivity index (χ1) is 7.77. The number of fused-ring (bicyclic) bond motifs is 1. The van der Waals surface area contributed by atoms with Crippen molar-refractivity contribution < 1.29 is 0 Å². The minimum Gasteiger partial charge on any atom is -0.337 e. The fourth-order valence-corrected chi connectivity index (χ4v) is 1.78. The van der Waals surface area contributed by atoms with Gasteiger partial charge in [0.15, 0.2) is 11.6 Å². The third-order valence-electron chi connectivity index (χ3n) is 2.62. The summed E-state index contributed by atoms with van der Waals surface area (Å²) in [6.07, 6.45) is 3.60. The number of nitrogen functional groups attached to an aromatic ring is 1. The molecule has 0 unspecified atom stereocenters. The molecule has 2 heterocycles. The minimum atomic E-state index is 0.675. The minimum absolute atomic E-state index is 0.675. The lowest BCUT2D eigenvalue weighted by Crippen LogP contribution is -2.11. The summed E-state index contributed by atoms with van der Waals surface area (Å²) in [6, 6.07) is 7.76. The van der Waals surface area contributed by atoms with E-state index < -0.39 is 0 Å². The molecule has 0 saturated heterocycles. The van der Waals surface area contributed by atoms with Crippen LogP contribution in [0.2, 0.25) is 0 Å². The van der Waals surface area contributed by atoms with Gasteiger partial charge in [-0.15, -0.1) is 0 Å². The first kappa shape index (κ1) is 8.96. The molecule has 2 aromatic heterocycles. The number of benzene rings is 1. The van der Waals surface area contributed by atoms with Crippen LogP contribution < -0.4 is 5.84 Å². The van der Waals surface area contributed by atoms with Gasteiger partial charge in [-0.25, -0.2) is 14.6 Å². The van der Waals surface area contributed by atoms with Gasteiger partial charge in [-0.05, 0) is 12.1 Å². The van der Waals surface area contributed by atoms with Gasteiger partial charge in [0.2, 0.25) is 0 Å². The van der Waals surface area contributed by atoms with Crippen LogP contribution in [-0.2, 0) is 7.05 Å². The van der Waals surface area contributed by atoms with E-state index in [1.165, 1.54) is 0 Å². The van der Waals surface area contributed by atoms with Gasteiger partial charge < -0.3 is 10.4 Å². The Morgan fingerprint density at radius 1 is 1.19 bits per heavy atom. The van der Waals surface area contributed by atoms with Gasteiger partial charge in [0, 0.05) is 19.4 Å². The number of hydrogen-bond donors (Lipinski definition) is 1. The van der Waals surface area contributed by atoms with E-state index in [1.807, 2.05) is 42.1 Å². The second-order valence-electron chi connectivity index (χ2n) is 3.66. The molecule has 3 aromatic rings. The lowest BCUT2D eigenvalue weighted by molar-refractivity contribution is 0.893. The molecule has 1 aromatic carbocycles. The van der Waals surface area contributed by atoms with Crippen LogP contribution in [0.4, 0.5) is 0 Å². The molecular formula is C11H11N5. The van der Waals surface area contributed by atoms with Gasteiger partial charge >= 0.3 is 0 Å². The smallest absolute Gasteiger partial charge is 0.196 e. The topological polar surface area (TPSA) is 61.7 Å². The summed E-state index contributed by atoms with van der Waals surface area (Å²) in [5, 5.41) is 0. The second kappa shape index (κ2) is 3.10. The molecule has 0 atom stereocenters. The summed E-state index contributed by atoms with van der Waals surface area (Å²) < 4.78 is 3.46. The number of aryl methyl sites for hydroxylation is 1. The van der Waals surface area contributed by atoms with E-state index in [0.29, 0.717) is 5.82 Å². The molecule has 0 aliphatic heterocycles. The van der Waals surface area contributed by atoms with Crippen molar-refractivity contribution in [2.75, 3.05) is 5.84 Å². The van der Waals surface area contributed by atoms with Gasteiger partial charge in [0.05, 0.1) is 11.0 Å². The number of aromatic nitrogens is 4. The van der Waals surface area contributed by atoms with E-state index in [-0.39, 0.29) is 0 Å². The van der Waals surface area contributed by atoms with Crippen LogP contribution in [0.25, 0.3) is 22.7 Å². The zero-order valence-electron chi connectivity index (χ0n) is 8.83. The number of imidazole rings is 2. The van der Waals surface area contributed by atoms with E-state index >= 15 is 0 Å². The van der Waals surface area contributed by atoms with Crippen LogP contribution in [-0.4, -0.2) is 19.2 Å². The molecule has 80 valence electrons. The average molecular weight is 213 g/mol. The SMILES string of the molecule is Cn1ccnc1-c1nc2ccccc2n1N. The summed E-state index contributed by atoms with van der Waals surface area (Å²) in [5.74, 6) is 7.44. The third-order valence-corrected chi connectivity index (χ3v) is 2.62. The summed E-state index contributed by atoms with van der Waals surface area (Å²) in [4.78, 5) is 8.71. The van der Waals surface area contributed by atoms with Crippen molar-refractivity contribution in [2.24, 2.45) is 7.05 Å². The highest BCUT2D eigenvalue weighted by atomic mass is 15.3. The highest BCUT2D eigenvalue weighted by molar-refractivity contribution is 5.79. The Balaban J connectivity index is 2.33. The molecule has 0 aliphatic carbocycles. The van der Waals surface area contributed by atoms with Crippen LogP contribution in [0.15, 0.2) is 36.7 Å².